The van der Waals surface area contributed by atoms with Crippen LogP contribution >= 0.6 is 0 Å². The van der Waals surface area contributed by atoms with Crippen LogP contribution in [0.4, 0.5) is 5.69 Å². The summed E-state index contributed by atoms with van der Waals surface area (Å²) in [6, 6.07) is 15.8. The number of carbonyl (C=O) groups excluding carboxylic acids is 2. The van der Waals surface area contributed by atoms with E-state index in [-0.39, 0.29) is 18.5 Å². The third kappa shape index (κ3) is 5.30. The Bertz CT molecular complexity index is 954. The van der Waals surface area contributed by atoms with Crippen LogP contribution in [0.1, 0.15) is 30.1 Å². The summed E-state index contributed by atoms with van der Waals surface area (Å²) in [7, 11) is 0. The Morgan fingerprint density at radius 2 is 1.89 bits per heavy atom. The molecule has 28 heavy (non-hydrogen) atoms. The van der Waals surface area contributed by atoms with Crippen LogP contribution in [0, 0.1) is 0 Å². The van der Waals surface area contributed by atoms with Crippen LogP contribution in [0.25, 0.3) is 10.9 Å². The minimum Gasteiger partial charge on any atom is -0.484 e. The third-order valence-corrected chi connectivity index (χ3v) is 4.08. The van der Waals surface area contributed by atoms with Crippen molar-refractivity contribution in [1.29, 1.82) is 0 Å². The fraction of sp³-hybridized carbons (Fsp3) is 0.227. The SMILES string of the molecule is CCCCOC(=O)c1ccc(NC(=O)COc2ccc3ncccc3c2)cc1. The first-order valence-corrected chi connectivity index (χ1v) is 9.20. The Hall–Kier alpha value is -3.41. The molecule has 1 amide bonds. The van der Waals surface area contributed by atoms with E-state index in [1.807, 2.05) is 31.2 Å². The first kappa shape index (κ1) is 19.4. The molecule has 3 rings (SSSR count). The van der Waals surface area contributed by atoms with Crippen molar-refractivity contribution in [2.75, 3.05) is 18.5 Å². The fourth-order valence-electron chi connectivity index (χ4n) is 2.57. The second kappa shape index (κ2) is 9.50. The molecule has 1 aromatic heterocycles. The molecule has 0 saturated carbocycles. The van der Waals surface area contributed by atoms with Gasteiger partial charge in [0.2, 0.25) is 0 Å². The zero-order chi connectivity index (χ0) is 19.8. The molecule has 2 aromatic carbocycles. The Kier molecular flexibility index (Phi) is 6.57. The highest BCUT2D eigenvalue weighted by Crippen LogP contribution is 2.19. The highest BCUT2D eigenvalue weighted by atomic mass is 16.5. The summed E-state index contributed by atoms with van der Waals surface area (Å²) in [6.45, 7) is 2.33. The van der Waals surface area contributed by atoms with Crippen LogP contribution < -0.4 is 10.1 Å². The molecule has 0 atom stereocenters. The molecule has 0 aliphatic carbocycles. The standard InChI is InChI=1S/C22H22N2O4/c1-2-3-13-27-22(26)16-6-8-18(9-7-16)24-21(25)15-28-19-10-11-20-17(14-19)5-4-12-23-20/h4-12,14H,2-3,13,15H2,1H3,(H,24,25). The summed E-state index contributed by atoms with van der Waals surface area (Å²) in [5, 5.41) is 3.69. The molecule has 0 spiro atoms. The van der Waals surface area contributed by atoms with Crippen molar-refractivity contribution in [3.63, 3.8) is 0 Å². The Balaban J connectivity index is 1.50. The largest absolute Gasteiger partial charge is 0.484 e. The molecule has 6 heteroatoms. The second-order valence-electron chi connectivity index (χ2n) is 6.26. The molecule has 1 heterocycles. The van der Waals surface area contributed by atoms with Gasteiger partial charge in [-0.05, 0) is 55.0 Å². The van der Waals surface area contributed by atoms with E-state index in [1.165, 1.54) is 0 Å². The zero-order valence-corrected chi connectivity index (χ0v) is 15.7. The van der Waals surface area contributed by atoms with E-state index in [0.717, 1.165) is 23.7 Å². The zero-order valence-electron chi connectivity index (χ0n) is 15.7. The number of nitrogens with one attached hydrogen (secondary N) is 1. The molecule has 0 fully saturated rings. The molecule has 0 radical (unpaired) electrons. The van der Waals surface area contributed by atoms with Crippen LogP contribution in [-0.2, 0) is 9.53 Å². The highest BCUT2D eigenvalue weighted by molar-refractivity contribution is 5.93. The summed E-state index contributed by atoms with van der Waals surface area (Å²) in [5.41, 5.74) is 1.91. The summed E-state index contributed by atoms with van der Waals surface area (Å²) in [6.07, 6.45) is 3.54. The predicted molar refractivity (Wildman–Crippen MR) is 108 cm³/mol. The minimum atomic E-state index is -0.361. The monoisotopic (exact) mass is 378 g/mol. The molecule has 0 saturated heterocycles. The number of hydrogen-bond acceptors (Lipinski definition) is 5. The van der Waals surface area contributed by atoms with Crippen molar-refractivity contribution < 1.29 is 19.1 Å². The predicted octanol–water partition coefficient (Wildman–Crippen LogP) is 4.21. The molecule has 6 nitrogen and oxygen atoms in total. The number of amides is 1. The van der Waals surface area contributed by atoms with Crippen LogP contribution in [0.15, 0.2) is 60.8 Å². The maximum Gasteiger partial charge on any atom is 0.338 e. The van der Waals surface area contributed by atoms with Gasteiger partial charge in [-0.15, -0.1) is 0 Å². The van der Waals surface area contributed by atoms with Gasteiger partial charge in [-0.3, -0.25) is 9.78 Å². The molecule has 0 unspecified atom stereocenters. The lowest BCUT2D eigenvalue weighted by molar-refractivity contribution is -0.118. The number of benzene rings is 2. The van der Waals surface area contributed by atoms with E-state index in [1.54, 1.807) is 36.5 Å². The van der Waals surface area contributed by atoms with E-state index in [2.05, 4.69) is 10.3 Å². The molecular weight excluding hydrogens is 356 g/mol. The van der Waals surface area contributed by atoms with Crippen LogP contribution in [0.5, 0.6) is 5.75 Å². The number of rotatable bonds is 8. The molecule has 0 aliphatic rings. The number of fused-ring (bicyclic) bond motifs is 1. The third-order valence-electron chi connectivity index (χ3n) is 4.08. The topological polar surface area (TPSA) is 77.5 Å². The van der Waals surface area contributed by atoms with Gasteiger partial charge in [0, 0.05) is 17.3 Å². The van der Waals surface area contributed by atoms with Crippen molar-refractivity contribution in [1.82, 2.24) is 4.98 Å². The lowest BCUT2D eigenvalue weighted by Gasteiger charge is -2.09. The van der Waals surface area contributed by atoms with E-state index < -0.39 is 0 Å². The number of hydrogen-bond donors (Lipinski definition) is 1. The Morgan fingerprint density at radius 3 is 2.68 bits per heavy atom. The van der Waals surface area contributed by atoms with Gasteiger partial charge in [0.1, 0.15) is 5.75 Å². The average molecular weight is 378 g/mol. The van der Waals surface area contributed by atoms with Gasteiger partial charge in [0.25, 0.3) is 5.91 Å². The van der Waals surface area contributed by atoms with E-state index >= 15 is 0 Å². The summed E-state index contributed by atoms with van der Waals surface area (Å²) in [4.78, 5) is 28.2. The van der Waals surface area contributed by atoms with Gasteiger partial charge in [0.15, 0.2) is 6.61 Å². The van der Waals surface area contributed by atoms with Gasteiger partial charge in [0.05, 0.1) is 17.7 Å². The number of ether oxygens (including phenoxy) is 2. The van der Waals surface area contributed by atoms with Crippen LogP contribution in [0.2, 0.25) is 0 Å². The van der Waals surface area contributed by atoms with Crippen molar-refractivity contribution in [3.05, 3.63) is 66.4 Å². The number of aromatic nitrogens is 1. The highest BCUT2D eigenvalue weighted by Gasteiger charge is 2.08. The van der Waals surface area contributed by atoms with E-state index in [4.69, 9.17) is 9.47 Å². The van der Waals surface area contributed by atoms with Gasteiger partial charge in [-0.25, -0.2) is 4.79 Å². The normalized spacial score (nSPS) is 10.5. The molecule has 3 aromatic rings. The van der Waals surface area contributed by atoms with Crippen molar-refractivity contribution in [2.45, 2.75) is 19.8 Å². The Morgan fingerprint density at radius 1 is 1.07 bits per heavy atom. The number of esters is 1. The molecule has 0 bridgehead atoms. The Labute approximate surface area is 163 Å². The van der Waals surface area contributed by atoms with Gasteiger partial charge in [-0.1, -0.05) is 19.4 Å². The van der Waals surface area contributed by atoms with E-state index in [0.29, 0.717) is 23.6 Å². The van der Waals surface area contributed by atoms with Gasteiger partial charge >= 0.3 is 5.97 Å². The van der Waals surface area contributed by atoms with Crippen molar-refractivity contribution >= 4 is 28.5 Å². The number of unbranched alkanes of at least 4 members (excludes halogenated alkanes) is 1. The van der Waals surface area contributed by atoms with Crippen LogP contribution in [0.3, 0.4) is 0 Å². The van der Waals surface area contributed by atoms with Gasteiger partial charge < -0.3 is 14.8 Å². The summed E-state index contributed by atoms with van der Waals surface area (Å²) in [5.74, 6) is -0.0502. The first-order valence-electron chi connectivity index (χ1n) is 9.20. The maximum absolute atomic E-state index is 12.1. The maximum atomic E-state index is 12.1. The van der Waals surface area contributed by atoms with Gasteiger partial charge in [-0.2, -0.15) is 0 Å². The number of carbonyl (C=O) groups is 2. The molecule has 1 N–H and O–H groups in total. The van der Waals surface area contributed by atoms with Crippen LogP contribution in [-0.4, -0.2) is 30.1 Å². The number of nitrogens with zero attached hydrogens (tertiary/aromatic N) is 1. The lowest BCUT2D eigenvalue weighted by Crippen LogP contribution is -2.20. The molecular formula is C22H22N2O4. The lowest BCUT2D eigenvalue weighted by atomic mass is 10.2. The second-order valence-corrected chi connectivity index (χ2v) is 6.26. The number of anilines is 1. The number of pyridine rings is 1. The smallest absolute Gasteiger partial charge is 0.338 e. The summed E-state index contributed by atoms with van der Waals surface area (Å²) >= 11 is 0. The van der Waals surface area contributed by atoms with E-state index in [9.17, 15) is 9.59 Å². The first-order chi connectivity index (χ1) is 13.7. The minimum absolute atomic E-state index is 0.118. The summed E-state index contributed by atoms with van der Waals surface area (Å²) < 4.78 is 10.7. The van der Waals surface area contributed by atoms with Crippen molar-refractivity contribution in [3.8, 4) is 5.75 Å². The molecule has 0 aliphatic heterocycles. The van der Waals surface area contributed by atoms with Crippen molar-refractivity contribution in [2.24, 2.45) is 0 Å². The molecule has 144 valence electrons. The average Bonchev–Trinajstić information content (AvgIpc) is 2.73. The quantitative estimate of drug-likeness (QED) is 0.469. The fourth-order valence-corrected chi connectivity index (χ4v) is 2.57.